The fourth-order valence-electron chi connectivity index (χ4n) is 2.96. The Bertz CT molecular complexity index is 760. The highest BCUT2D eigenvalue weighted by molar-refractivity contribution is 7.90. The van der Waals surface area contributed by atoms with Crippen molar-refractivity contribution in [3.8, 4) is 0 Å². The van der Waals surface area contributed by atoms with Crippen LogP contribution in [0.4, 0.5) is 5.69 Å². The minimum atomic E-state index is -3.52. The second kappa shape index (κ2) is 7.40. The Balaban J connectivity index is 1.78. The van der Waals surface area contributed by atoms with Crippen molar-refractivity contribution in [2.45, 2.75) is 31.1 Å². The van der Waals surface area contributed by atoms with Crippen molar-refractivity contribution in [3.05, 3.63) is 48.3 Å². The van der Waals surface area contributed by atoms with E-state index in [-0.39, 0.29) is 0 Å². The molecule has 1 aliphatic rings. The average molecular weight is 347 g/mol. The monoisotopic (exact) mass is 347 g/mol. The molecule has 1 saturated heterocycles. The number of hydrogen-bond donors (Lipinski definition) is 1. The first-order chi connectivity index (χ1) is 11.6. The Morgan fingerprint density at radius 1 is 1.08 bits per heavy atom. The standard InChI is InChI=1S/C18H25N3O2S/c1-2-3-4-16-5-7-18(8-6-16)24(22,23)21-12-9-17(15-21)20-13-10-19-11-14-20/h5-9,12,15,19H,2-4,10-11,13-14H2,1H3. The molecule has 0 bridgehead atoms. The Kier molecular flexibility index (Phi) is 5.26. The van der Waals surface area contributed by atoms with Crippen molar-refractivity contribution in [2.24, 2.45) is 0 Å². The van der Waals surface area contributed by atoms with Crippen LogP contribution >= 0.6 is 0 Å². The summed E-state index contributed by atoms with van der Waals surface area (Å²) in [4.78, 5) is 2.54. The van der Waals surface area contributed by atoms with Gasteiger partial charge in [0.15, 0.2) is 0 Å². The van der Waals surface area contributed by atoms with Crippen LogP contribution in [0.3, 0.4) is 0 Å². The van der Waals surface area contributed by atoms with E-state index in [4.69, 9.17) is 0 Å². The summed E-state index contributed by atoms with van der Waals surface area (Å²) in [5.74, 6) is 0. The van der Waals surface area contributed by atoms with Gasteiger partial charge in [-0.2, -0.15) is 0 Å². The van der Waals surface area contributed by atoms with Gasteiger partial charge in [-0.15, -0.1) is 0 Å². The summed E-state index contributed by atoms with van der Waals surface area (Å²) in [5, 5.41) is 3.30. The molecule has 1 aromatic heterocycles. The fraction of sp³-hybridized carbons (Fsp3) is 0.444. The molecule has 0 unspecified atom stereocenters. The predicted molar refractivity (Wildman–Crippen MR) is 97.2 cm³/mol. The number of nitrogens with zero attached hydrogens (tertiary/aromatic N) is 2. The van der Waals surface area contributed by atoms with E-state index in [9.17, 15) is 8.42 Å². The van der Waals surface area contributed by atoms with Gasteiger partial charge in [0.2, 0.25) is 0 Å². The smallest absolute Gasteiger partial charge is 0.267 e. The van der Waals surface area contributed by atoms with E-state index in [0.29, 0.717) is 4.90 Å². The Hall–Kier alpha value is -1.79. The van der Waals surface area contributed by atoms with Gasteiger partial charge in [0, 0.05) is 38.6 Å². The third-order valence-electron chi connectivity index (χ3n) is 4.45. The molecule has 0 atom stereocenters. The van der Waals surface area contributed by atoms with E-state index >= 15 is 0 Å². The van der Waals surface area contributed by atoms with Crippen LogP contribution in [-0.4, -0.2) is 38.6 Å². The van der Waals surface area contributed by atoms with E-state index in [1.54, 1.807) is 24.5 Å². The van der Waals surface area contributed by atoms with Crippen LogP contribution in [0, 0.1) is 0 Å². The average Bonchev–Trinajstić information content (AvgIpc) is 3.12. The molecule has 3 rings (SSSR count). The first kappa shape index (κ1) is 17.0. The molecular formula is C18H25N3O2S. The summed E-state index contributed by atoms with van der Waals surface area (Å²) in [6.07, 6.45) is 6.60. The van der Waals surface area contributed by atoms with E-state index in [2.05, 4.69) is 17.1 Å². The van der Waals surface area contributed by atoms with Gasteiger partial charge in [0.05, 0.1) is 10.6 Å². The molecule has 1 aliphatic heterocycles. The third kappa shape index (κ3) is 3.65. The van der Waals surface area contributed by atoms with Crippen molar-refractivity contribution >= 4 is 15.7 Å². The molecule has 0 spiro atoms. The number of piperazine rings is 1. The Labute approximate surface area is 144 Å². The summed E-state index contributed by atoms with van der Waals surface area (Å²) in [7, 11) is -3.52. The Morgan fingerprint density at radius 2 is 1.79 bits per heavy atom. The molecule has 6 heteroatoms. The van der Waals surface area contributed by atoms with Crippen LogP contribution < -0.4 is 10.2 Å². The maximum Gasteiger partial charge on any atom is 0.267 e. The van der Waals surface area contributed by atoms with Gasteiger partial charge in [0.25, 0.3) is 10.0 Å². The second-order valence-electron chi connectivity index (χ2n) is 6.19. The number of unbranched alkanes of at least 4 members (excludes halogenated alkanes) is 1. The molecule has 0 amide bonds. The molecule has 2 aromatic rings. The van der Waals surface area contributed by atoms with Crippen LogP contribution in [-0.2, 0) is 16.4 Å². The number of benzene rings is 1. The summed E-state index contributed by atoms with van der Waals surface area (Å²) in [6.45, 7) is 5.81. The van der Waals surface area contributed by atoms with Crippen molar-refractivity contribution in [1.82, 2.24) is 9.29 Å². The highest BCUT2D eigenvalue weighted by atomic mass is 32.2. The van der Waals surface area contributed by atoms with E-state index in [0.717, 1.165) is 51.1 Å². The lowest BCUT2D eigenvalue weighted by Gasteiger charge is -2.28. The molecule has 0 saturated carbocycles. The summed E-state index contributed by atoms with van der Waals surface area (Å²) >= 11 is 0. The number of hydrogen-bond acceptors (Lipinski definition) is 4. The zero-order valence-electron chi connectivity index (χ0n) is 14.1. The first-order valence-electron chi connectivity index (χ1n) is 8.59. The molecule has 0 radical (unpaired) electrons. The van der Waals surface area contributed by atoms with Crippen LogP contribution in [0.2, 0.25) is 0 Å². The molecule has 2 heterocycles. The van der Waals surface area contributed by atoms with Crippen molar-refractivity contribution in [2.75, 3.05) is 31.1 Å². The maximum absolute atomic E-state index is 12.8. The van der Waals surface area contributed by atoms with Gasteiger partial charge in [-0.05, 0) is 36.6 Å². The maximum atomic E-state index is 12.8. The van der Waals surface area contributed by atoms with E-state index in [1.807, 2.05) is 18.2 Å². The van der Waals surface area contributed by atoms with Gasteiger partial charge < -0.3 is 10.2 Å². The van der Waals surface area contributed by atoms with Gasteiger partial charge in [-0.1, -0.05) is 25.5 Å². The van der Waals surface area contributed by atoms with E-state index < -0.39 is 10.0 Å². The second-order valence-corrected chi connectivity index (χ2v) is 8.03. The molecule has 1 aromatic carbocycles. The number of aryl methyl sites for hydroxylation is 1. The number of rotatable bonds is 6. The minimum absolute atomic E-state index is 0.338. The molecule has 1 fully saturated rings. The van der Waals surface area contributed by atoms with E-state index in [1.165, 1.54) is 9.54 Å². The lowest BCUT2D eigenvalue weighted by Crippen LogP contribution is -2.43. The first-order valence-corrected chi connectivity index (χ1v) is 10.0. The lowest BCUT2D eigenvalue weighted by atomic mass is 10.1. The van der Waals surface area contributed by atoms with Crippen molar-refractivity contribution in [1.29, 1.82) is 0 Å². The largest absolute Gasteiger partial charge is 0.368 e. The lowest BCUT2D eigenvalue weighted by molar-refractivity contribution is 0.585. The Morgan fingerprint density at radius 3 is 2.46 bits per heavy atom. The van der Waals surface area contributed by atoms with Crippen LogP contribution in [0.5, 0.6) is 0 Å². The van der Waals surface area contributed by atoms with Gasteiger partial charge >= 0.3 is 0 Å². The highest BCUT2D eigenvalue weighted by Gasteiger charge is 2.19. The minimum Gasteiger partial charge on any atom is -0.368 e. The van der Waals surface area contributed by atoms with Crippen LogP contribution in [0.15, 0.2) is 47.6 Å². The number of nitrogens with one attached hydrogen (secondary N) is 1. The summed E-state index contributed by atoms with van der Waals surface area (Å²) in [5.41, 5.74) is 2.14. The van der Waals surface area contributed by atoms with Gasteiger partial charge in [0.1, 0.15) is 0 Å². The van der Waals surface area contributed by atoms with Gasteiger partial charge in [-0.25, -0.2) is 12.4 Å². The van der Waals surface area contributed by atoms with Gasteiger partial charge in [-0.3, -0.25) is 0 Å². The summed E-state index contributed by atoms with van der Waals surface area (Å²) < 4.78 is 26.9. The molecule has 0 aliphatic carbocycles. The molecule has 24 heavy (non-hydrogen) atoms. The number of aromatic nitrogens is 1. The molecular weight excluding hydrogens is 322 g/mol. The third-order valence-corrected chi connectivity index (χ3v) is 6.10. The summed E-state index contributed by atoms with van der Waals surface area (Å²) in [6, 6.07) is 9.14. The normalized spacial score (nSPS) is 15.6. The predicted octanol–water partition coefficient (Wildman–Crippen LogP) is 2.48. The molecule has 130 valence electrons. The zero-order valence-corrected chi connectivity index (χ0v) is 14.9. The number of anilines is 1. The van der Waals surface area contributed by atoms with Crippen molar-refractivity contribution in [3.63, 3.8) is 0 Å². The zero-order chi connectivity index (χ0) is 17.0. The van der Waals surface area contributed by atoms with Crippen molar-refractivity contribution < 1.29 is 8.42 Å². The topological polar surface area (TPSA) is 54.3 Å². The quantitative estimate of drug-likeness (QED) is 0.872. The molecule has 5 nitrogen and oxygen atoms in total. The van der Waals surface area contributed by atoms with Crippen LogP contribution in [0.1, 0.15) is 25.3 Å². The highest BCUT2D eigenvalue weighted by Crippen LogP contribution is 2.21. The van der Waals surface area contributed by atoms with Crippen LogP contribution in [0.25, 0.3) is 0 Å². The molecule has 1 N–H and O–H groups in total. The fourth-order valence-corrected chi connectivity index (χ4v) is 4.15. The SMILES string of the molecule is CCCCc1ccc(S(=O)(=O)n2ccc(N3CCNCC3)c2)cc1.